The zero-order valence-electron chi connectivity index (χ0n) is 16.7. The maximum atomic E-state index is 13.1. The average molecular weight is 483 g/mol. The van der Waals surface area contributed by atoms with Gasteiger partial charge in [0.25, 0.3) is 0 Å². The number of hydrogen-bond acceptors (Lipinski definition) is 6. The lowest BCUT2D eigenvalue weighted by atomic mass is 10.2. The molecule has 164 valence electrons. The van der Waals surface area contributed by atoms with Crippen molar-refractivity contribution < 1.29 is 22.6 Å². The van der Waals surface area contributed by atoms with Crippen LogP contribution in [0.2, 0.25) is 10.0 Å². The zero-order valence-corrected chi connectivity index (χ0v) is 19.0. The fourth-order valence-electron chi connectivity index (χ4n) is 2.78. The standard InChI is InChI=1S/C21H20Cl2N2O5S/c1-28-17-5-3-13(20(11-17)29-2)12-25-31(26,27)21-10-16(24)4-6-19(21)30-18-8-14(22)7-15(23)9-18/h3-11,25H,12,24H2,1-2H3. The Morgan fingerprint density at radius 1 is 0.871 bits per heavy atom. The van der Waals surface area contributed by atoms with Crippen LogP contribution in [-0.4, -0.2) is 22.6 Å². The molecule has 0 saturated carbocycles. The van der Waals surface area contributed by atoms with E-state index in [0.29, 0.717) is 27.1 Å². The van der Waals surface area contributed by atoms with E-state index in [9.17, 15) is 8.42 Å². The van der Waals surface area contributed by atoms with Crippen LogP contribution in [0.5, 0.6) is 23.0 Å². The molecule has 0 aliphatic heterocycles. The molecule has 31 heavy (non-hydrogen) atoms. The molecular formula is C21H20Cl2N2O5S. The van der Waals surface area contributed by atoms with Gasteiger partial charge in [0.05, 0.1) is 14.2 Å². The Morgan fingerprint density at radius 3 is 2.23 bits per heavy atom. The van der Waals surface area contributed by atoms with Crippen molar-refractivity contribution in [2.24, 2.45) is 0 Å². The van der Waals surface area contributed by atoms with Gasteiger partial charge in [-0.25, -0.2) is 13.1 Å². The summed E-state index contributed by atoms with van der Waals surface area (Å²) in [6, 6.07) is 14.0. The van der Waals surface area contributed by atoms with E-state index in [1.165, 1.54) is 44.6 Å². The third-order valence-electron chi connectivity index (χ3n) is 4.27. The predicted molar refractivity (Wildman–Crippen MR) is 121 cm³/mol. The van der Waals surface area contributed by atoms with Crippen LogP contribution in [0.3, 0.4) is 0 Å². The predicted octanol–water partition coefficient (Wildman–Crippen LogP) is 4.86. The summed E-state index contributed by atoms with van der Waals surface area (Å²) in [5.74, 6) is 1.44. The molecule has 0 aliphatic rings. The van der Waals surface area contributed by atoms with E-state index in [2.05, 4.69) is 4.72 Å². The second kappa shape index (κ2) is 9.65. The first-order valence-corrected chi connectivity index (χ1v) is 11.2. The van der Waals surface area contributed by atoms with Gasteiger partial charge in [-0.3, -0.25) is 0 Å². The summed E-state index contributed by atoms with van der Waals surface area (Å²) in [5, 5.41) is 0.708. The van der Waals surface area contributed by atoms with Crippen LogP contribution in [0.15, 0.2) is 59.5 Å². The number of benzene rings is 3. The molecule has 0 amide bonds. The Hall–Kier alpha value is -2.65. The minimum atomic E-state index is -4.00. The largest absolute Gasteiger partial charge is 0.497 e. The first kappa shape index (κ1) is 23.0. The molecule has 0 spiro atoms. The summed E-state index contributed by atoms with van der Waals surface area (Å²) in [7, 11) is -0.974. The molecule has 10 heteroatoms. The summed E-state index contributed by atoms with van der Waals surface area (Å²) in [6.45, 7) is -0.0211. The first-order valence-electron chi connectivity index (χ1n) is 8.96. The van der Waals surface area contributed by atoms with Gasteiger partial charge in [-0.05, 0) is 42.5 Å². The van der Waals surface area contributed by atoms with Gasteiger partial charge in [0.2, 0.25) is 10.0 Å². The highest BCUT2D eigenvalue weighted by molar-refractivity contribution is 7.89. The summed E-state index contributed by atoms with van der Waals surface area (Å²) >= 11 is 12.0. The Bertz CT molecular complexity index is 1180. The molecule has 0 bridgehead atoms. The van der Waals surface area contributed by atoms with Gasteiger partial charge in [0.15, 0.2) is 0 Å². The van der Waals surface area contributed by atoms with Gasteiger partial charge in [-0.1, -0.05) is 29.3 Å². The number of nitrogen functional groups attached to an aromatic ring is 1. The first-order chi connectivity index (χ1) is 14.7. The number of nitrogens with one attached hydrogen (secondary N) is 1. The molecule has 3 aromatic rings. The van der Waals surface area contributed by atoms with Crippen LogP contribution in [0, 0.1) is 0 Å². The zero-order chi connectivity index (χ0) is 22.6. The molecule has 0 radical (unpaired) electrons. The van der Waals surface area contributed by atoms with E-state index >= 15 is 0 Å². The van der Waals surface area contributed by atoms with E-state index in [0.717, 1.165) is 0 Å². The summed E-state index contributed by atoms with van der Waals surface area (Å²) < 4.78 is 44.9. The molecule has 3 aromatic carbocycles. The van der Waals surface area contributed by atoms with Crippen LogP contribution >= 0.6 is 23.2 Å². The Labute approximate surface area is 190 Å². The molecule has 0 unspecified atom stereocenters. The van der Waals surface area contributed by atoms with Crippen molar-refractivity contribution in [1.82, 2.24) is 4.72 Å². The molecule has 0 atom stereocenters. The normalized spacial score (nSPS) is 11.2. The van der Waals surface area contributed by atoms with Crippen molar-refractivity contribution >= 4 is 38.9 Å². The van der Waals surface area contributed by atoms with E-state index in [4.69, 9.17) is 43.1 Å². The SMILES string of the molecule is COc1ccc(CNS(=O)(=O)c2cc(N)ccc2Oc2cc(Cl)cc(Cl)c2)c(OC)c1. The van der Waals surface area contributed by atoms with Gasteiger partial charge >= 0.3 is 0 Å². The van der Waals surface area contributed by atoms with Crippen molar-refractivity contribution in [2.45, 2.75) is 11.4 Å². The lowest BCUT2D eigenvalue weighted by Crippen LogP contribution is -2.24. The van der Waals surface area contributed by atoms with E-state index < -0.39 is 10.0 Å². The maximum Gasteiger partial charge on any atom is 0.244 e. The van der Waals surface area contributed by atoms with Crippen LogP contribution in [0.25, 0.3) is 0 Å². The Kier molecular flexibility index (Phi) is 7.17. The van der Waals surface area contributed by atoms with Crippen molar-refractivity contribution in [3.63, 3.8) is 0 Å². The molecule has 0 fully saturated rings. The van der Waals surface area contributed by atoms with E-state index in [1.54, 1.807) is 24.3 Å². The number of nitrogens with two attached hydrogens (primary N) is 1. The highest BCUT2D eigenvalue weighted by Gasteiger charge is 2.21. The van der Waals surface area contributed by atoms with E-state index in [1.807, 2.05) is 0 Å². The van der Waals surface area contributed by atoms with Gasteiger partial charge in [-0.15, -0.1) is 0 Å². The molecule has 7 nitrogen and oxygen atoms in total. The molecule has 0 heterocycles. The van der Waals surface area contributed by atoms with Crippen LogP contribution < -0.4 is 24.7 Å². The molecular weight excluding hydrogens is 463 g/mol. The fourth-order valence-corrected chi connectivity index (χ4v) is 4.45. The third-order valence-corrected chi connectivity index (χ3v) is 6.13. The van der Waals surface area contributed by atoms with Gasteiger partial charge in [-0.2, -0.15) is 0 Å². The van der Waals surface area contributed by atoms with E-state index in [-0.39, 0.29) is 28.6 Å². The lowest BCUT2D eigenvalue weighted by molar-refractivity contribution is 0.390. The quantitative estimate of drug-likeness (QED) is 0.444. The second-order valence-corrected chi connectivity index (χ2v) is 9.02. The highest BCUT2D eigenvalue weighted by atomic mass is 35.5. The topological polar surface area (TPSA) is 99.9 Å². The number of methoxy groups -OCH3 is 2. The summed E-state index contributed by atoms with van der Waals surface area (Å²) in [6.07, 6.45) is 0. The van der Waals surface area contributed by atoms with Crippen molar-refractivity contribution in [2.75, 3.05) is 20.0 Å². The van der Waals surface area contributed by atoms with Crippen molar-refractivity contribution in [3.05, 3.63) is 70.2 Å². The number of sulfonamides is 1. The third kappa shape index (κ3) is 5.74. The monoisotopic (exact) mass is 482 g/mol. The van der Waals surface area contributed by atoms with Crippen LogP contribution in [-0.2, 0) is 16.6 Å². The number of halogens is 2. The smallest absolute Gasteiger partial charge is 0.244 e. The maximum absolute atomic E-state index is 13.1. The fraction of sp³-hybridized carbons (Fsp3) is 0.143. The molecule has 0 aliphatic carbocycles. The number of rotatable bonds is 8. The van der Waals surface area contributed by atoms with Crippen molar-refractivity contribution in [3.8, 4) is 23.0 Å². The van der Waals surface area contributed by atoms with Gasteiger partial charge < -0.3 is 19.9 Å². The lowest BCUT2D eigenvalue weighted by Gasteiger charge is -2.15. The average Bonchev–Trinajstić information content (AvgIpc) is 2.72. The number of hydrogen-bond donors (Lipinski definition) is 2. The molecule has 0 aromatic heterocycles. The molecule has 0 saturated heterocycles. The Morgan fingerprint density at radius 2 is 1.58 bits per heavy atom. The minimum absolute atomic E-state index is 0.0211. The van der Waals surface area contributed by atoms with Gasteiger partial charge in [0, 0.05) is 33.9 Å². The number of ether oxygens (including phenoxy) is 3. The summed E-state index contributed by atoms with van der Waals surface area (Å²) in [5.41, 5.74) is 6.71. The molecule has 3 rings (SSSR count). The molecule has 3 N–H and O–H groups in total. The minimum Gasteiger partial charge on any atom is -0.497 e. The van der Waals surface area contributed by atoms with Crippen LogP contribution in [0.4, 0.5) is 5.69 Å². The highest BCUT2D eigenvalue weighted by Crippen LogP contribution is 2.33. The number of anilines is 1. The van der Waals surface area contributed by atoms with Crippen LogP contribution in [0.1, 0.15) is 5.56 Å². The second-order valence-electron chi connectivity index (χ2n) is 6.42. The van der Waals surface area contributed by atoms with Crippen molar-refractivity contribution in [1.29, 1.82) is 0 Å². The Balaban J connectivity index is 1.89. The van der Waals surface area contributed by atoms with Gasteiger partial charge in [0.1, 0.15) is 27.9 Å². The summed E-state index contributed by atoms with van der Waals surface area (Å²) in [4.78, 5) is -0.129.